The molecule has 1 aromatic carbocycles. The lowest BCUT2D eigenvalue weighted by molar-refractivity contribution is -0.126. The Morgan fingerprint density at radius 2 is 2.07 bits per heavy atom. The van der Waals surface area contributed by atoms with Gasteiger partial charge in [0.25, 0.3) is 5.17 Å². The third kappa shape index (κ3) is 7.76. The molecule has 7 heteroatoms. The van der Waals surface area contributed by atoms with E-state index >= 15 is 0 Å². The molecule has 0 bridgehead atoms. The molecule has 1 amide bonds. The number of amides is 1. The Bertz CT molecular complexity index is 672. The summed E-state index contributed by atoms with van der Waals surface area (Å²) in [4.78, 5) is 14.0. The second-order valence-corrected chi connectivity index (χ2v) is 7.08. The lowest BCUT2D eigenvalue weighted by atomic mass is 10.1. The van der Waals surface area contributed by atoms with Crippen molar-refractivity contribution in [3.05, 3.63) is 29.8 Å². The summed E-state index contributed by atoms with van der Waals surface area (Å²) in [5.41, 5.74) is 0.585. The van der Waals surface area contributed by atoms with Gasteiger partial charge >= 0.3 is 0 Å². The summed E-state index contributed by atoms with van der Waals surface area (Å²) in [7, 11) is 0. The Balaban J connectivity index is 1.74. The predicted molar refractivity (Wildman–Crippen MR) is 115 cm³/mol. The Morgan fingerprint density at radius 1 is 1.29 bits per heavy atom. The van der Waals surface area contributed by atoms with Crippen LogP contribution in [0, 0.1) is 0 Å². The number of aromatic hydroxyl groups is 1. The largest absolute Gasteiger partial charge is 0.507 e. The van der Waals surface area contributed by atoms with E-state index in [1.807, 2.05) is 4.90 Å². The molecule has 1 aromatic rings. The van der Waals surface area contributed by atoms with Crippen molar-refractivity contribution in [1.82, 2.24) is 10.2 Å². The molecule has 0 aromatic heterocycles. The molecule has 1 aliphatic rings. The topological polar surface area (TPSA) is 71.0 Å². The van der Waals surface area contributed by atoms with Gasteiger partial charge in [-0.15, -0.1) is 0 Å². The smallest absolute Gasteiger partial charge is 0.256 e. The number of hydrogen-bond acceptors (Lipinski definition) is 5. The summed E-state index contributed by atoms with van der Waals surface area (Å²) in [6.45, 7) is 5.23. The third-order valence-corrected chi connectivity index (χ3v) is 4.71. The maximum absolute atomic E-state index is 12.2. The van der Waals surface area contributed by atoms with Crippen molar-refractivity contribution in [3.63, 3.8) is 0 Å². The van der Waals surface area contributed by atoms with Crippen LogP contribution in [0.2, 0.25) is 0 Å². The van der Waals surface area contributed by atoms with E-state index in [1.165, 1.54) is 12.5 Å². The first kappa shape index (κ1) is 22.0. The molecule has 0 saturated carbocycles. The van der Waals surface area contributed by atoms with Crippen molar-refractivity contribution in [2.75, 3.05) is 32.8 Å². The van der Waals surface area contributed by atoms with Gasteiger partial charge in [0.1, 0.15) is 18.1 Å². The molecule has 1 heterocycles. The average molecular weight is 407 g/mol. The van der Waals surface area contributed by atoms with Gasteiger partial charge in [0, 0.05) is 30.8 Å². The van der Waals surface area contributed by atoms with Gasteiger partial charge in [0.05, 0.1) is 13.2 Å². The third-order valence-electron chi connectivity index (χ3n) is 4.45. The van der Waals surface area contributed by atoms with Crippen molar-refractivity contribution in [3.8, 4) is 11.5 Å². The molecule has 0 unspecified atom stereocenters. The second kappa shape index (κ2) is 12.2. The highest BCUT2D eigenvalue weighted by Crippen LogP contribution is 2.24. The molecule has 0 atom stereocenters. The first-order valence-corrected chi connectivity index (χ1v) is 10.3. The molecular formula is C21H30N2O4S. The molecule has 1 saturated heterocycles. The van der Waals surface area contributed by atoms with Gasteiger partial charge in [0.2, 0.25) is 5.91 Å². The number of nitrogens with zero attached hydrogens (tertiary/aromatic N) is 1. The van der Waals surface area contributed by atoms with Crippen LogP contribution in [0.25, 0.3) is 6.08 Å². The van der Waals surface area contributed by atoms with Gasteiger partial charge in [-0.25, -0.2) is 0 Å². The number of carbonyl (C=O) groups excluding carboxylic acids is 1. The number of phenols is 1. The summed E-state index contributed by atoms with van der Waals surface area (Å²) in [5, 5.41) is 13.5. The number of hydrogen-bond donors (Lipinski definition) is 2. The summed E-state index contributed by atoms with van der Waals surface area (Å²) < 4.78 is 10.9. The zero-order valence-corrected chi connectivity index (χ0v) is 17.3. The predicted octanol–water partition coefficient (Wildman–Crippen LogP) is 3.49. The van der Waals surface area contributed by atoms with Crippen molar-refractivity contribution < 1.29 is 19.4 Å². The molecule has 154 valence electrons. The summed E-state index contributed by atoms with van der Waals surface area (Å²) >= 11 is 5.07. The van der Waals surface area contributed by atoms with E-state index in [9.17, 15) is 9.90 Å². The minimum absolute atomic E-state index is 0.0115. The number of phenolic OH excluding ortho intramolecular Hbond substituents is 1. The molecule has 28 heavy (non-hydrogen) atoms. The van der Waals surface area contributed by atoms with Gasteiger partial charge < -0.3 is 24.8 Å². The van der Waals surface area contributed by atoms with E-state index in [1.54, 1.807) is 24.3 Å². The number of thiocarbonyl (C=S) groups is 1. The first-order chi connectivity index (χ1) is 13.6. The van der Waals surface area contributed by atoms with Crippen LogP contribution in [-0.2, 0) is 9.53 Å². The number of rotatable bonds is 9. The van der Waals surface area contributed by atoms with Crippen molar-refractivity contribution in [2.45, 2.75) is 39.0 Å². The fourth-order valence-corrected chi connectivity index (χ4v) is 3.00. The summed E-state index contributed by atoms with van der Waals surface area (Å²) in [5.74, 6) is 0.617. The van der Waals surface area contributed by atoms with Crippen LogP contribution in [0.4, 0.5) is 0 Å². The van der Waals surface area contributed by atoms with Crippen molar-refractivity contribution in [2.24, 2.45) is 0 Å². The maximum Gasteiger partial charge on any atom is 0.256 e. The average Bonchev–Trinajstić information content (AvgIpc) is 2.71. The van der Waals surface area contributed by atoms with Crippen molar-refractivity contribution in [1.29, 1.82) is 0 Å². The highest BCUT2D eigenvalue weighted by atomic mass is 32.1. The molecule has 0 radical (unpaired) electrons. The summed E-state index contributed by atoms with van der Waals surface area (Å²) in [6.07, 6.45) is 8.49. The number of likely N-dealkylation sites (tertiary alicyclic amines) is 1. The van der Waals surface area contributed by atoms with Crippen LogP contribution in [-0.4, -0.2) is 53.9 Å². The molecule has 2 rings (SSSR count). The number of benzene rings is 1. The SMILES string of the molecule is CCCCOC(=S)NCCOc1ccc(/C=C/C(=O)N2CCCCC2)c(O)c1. The minimum Gasteiger partial charge on any atom is -0.507 e. The number of nitrogens with one attached hydrogen (secondary N) is 1. The molecule has 0 spiro atoms. The Morgan fingerprint density at radius 3 is 2.79 bits per heavy atom. The molecule has 1 fully saturated rings. The maximum atomic E-state index is 12.2. The van der Waals surface area contributed by atoms with Crippen LogP contribution in [0.1, 0.15) is 44.6 Å². The highest BCUT2D eigenvalue weighted by Gasteiger charge is 2.13. The number of piperidine rings is 1. The monoisotopic (exact) mass is 406 g/mol. The molecular weight excluding hydrogens is 376 g/mol. The van der Waals surface area contributed by atoms with E-state index in [4.69, 9.17) is 21.7 Å². The van der Waals surface area contributed by atoms with Crippen LogP contribution >= 0.6 is 12.2 Å². The second-order valence-electron chi connectivity index (χ2n) is 6.70. The van der Waals surface area contributed by atoms with E-state index in [-0.39, 0.29) is 11.7 Å². The first-order valence-electron chi connectivity index (χ1n) is 9.93. The number of ether oxygens (including phenoxy) is 2. The Hall–Kier alpha value is -2.28. The highest BCUT2D eigenvalue weighted by molar-refractivity contribution is 7.80. The van der Waals surface area contributed by atoms with Crippen LogP contribution in [0.3, 0.4) is 0 Å². The van der Waals surface area contributed by atoms with E-state index in [2.05, 4.69) is 12.2 Å². The molecule has 1 aliphatic heterocycles. The van der Waals surface area contributed by atoms with E-state index < -0.39 is 0 Å². The Labute approximate surface area is 172 Å². The number of carbonyl (C=O) groups is 1. The van der Waals surface area contributed by atoms with Gasteiger partial charge in [-0.1, -0.05) is 13.3 Å². The fourth-order valence-electron chi connectivity index (χ4n) is 2.82. The standard InChI is InChI=1S/C21H30N2O4S/c1-2-3-14-27-21(28)22-11-15-26-18-9-7-17(19(24)16-18)8-10-20(25)23-12-5-4-6-13-23/h7-10,16,24H,2-6,11-15H2,1H3,(H,22,28)/b10-8+. The van der Waals surface area contributed by atoms with Crippen molar-refractivity contribution >= 4 is 29.4 Å². The normalized spacial score (nSPS) is 14.1. The zero-order chi connectivity index (χ0) is 20.2. The number of unbranched alkanes of at least 4 members (excludes halogenated alkanes) is 1. The van der Waals surface area contributed by atoms with Gasteiger partial charge in [-0.2, -0.15) is 0 Å². The van der Waals surface area contributed by atoms with Crippen LogP contribution < -0.4 is 10.1 Å². The van der Waals surface area contributed by atoms with Crippen LogP contribution in [0.5, 0.6) is 11.5 Å². The van der Waals surface area contributed by atoms with Gasteiger partial charge in [-0.05, 0) is 56.1 Å². The van der Waals surface area contributed by atoms with Gasteiger partial charge in [-0.3, -0.25) is 4.79 Å². The minimum atomic E-state index is -0.0115. The molecule has 6 nitrogen and oxygen atoms in total. The van der Waals surface area contributed by atoms with Gasteiger partial charge in [0.15, 0.2) is 0 Å². The molecule has 2 N–H and O–H groups in total. The molecule has 0 aliphatic carbocycles. The Kier molecular flexibility index (Phi) is 9.62. The van der Waals surface area contributed by atoms with E-state index in [0.717, 1.165) is 38.8 Å². The van der Waals surface area contributed by atoms with E-state index in [0.29, 0.717) is 36.2 Å². The zero-order valence-electron chi connectivity index (χ0n) is 16.5. The lowest BCUT2D eigenvalue weighted by Gasteiger charge is -2.25. The lowest BCUT2D eigenvalue weighted by Crippen LogP contribution is -2.34. The quantitative estimate of drug-likeness (QED) is 0.372. The van der Waals surface area contributed by atoms with Crippen LogP contribution in [0.15, 0.2) is 24.3 Å². The summed E-state index contributed by atoms with van der Waals surface area (Å²) in [6, 6.07) is 5.04. The fraction of sp³-hybridized carbons (Fsp3) is 0.524.